The van der Waals surface area contributed by atoms with Crippen LogP contribution in [-0.2, 0) is 33.2 Å². The average molecular weight is 736 g/mol. The van der Waals surface area contributed by atoms with E-state index in [0.29, 0.717) is 0 Å². The summed E-state index contributed by atoms with van der Waals surface area (Å²) in [5.41, 5.74) is 34.8. The van der Waals surface area contributed by atoms with Gasteiger partial charge in [0.15, 0.2) is 25.0 Å². The maximum atomic E-state index is 14.0. The predicted octanol–water partition coefficient (Wildman–Crippen LogP) is -8.75. The molecule has 23 heteroatoms. The topological polar surface area (TPSA) is 382 Å². The second-order valence-corrected chi connectivity index (χ2v) is 13.0. The zero-order valence-corrected chi connectivity index (χ0v) is 26.9. The zero-order chi connectivity index (χ0) is 37.2. The third kappa shape index (κ3) is 8.68. The molecule has 3 aliphatic heterocycles. The predicted molar refractivity (Wildman–Crippen MR) is 161 cm³/mol. The maximum absolute atomic E-state index is 14.0. The Kier molecular flexibility index (Phi) is 14.2. The molecular formula is C27H51F2N7O14. The summed E-state index contributed by atoms with van der Waals surface area (Å²) in [5, 5.41) is 75.6. The van der Waals surface area contributed by atoms with E-state index in [-0.39, 0.29) is 25.9 Å². The molecule has 20 N–H and O–H groups in total. The number of nitrogens with one attached hydrogen (secondary N) is 1. The number of amides is 1. The van der Waals surface area contributed by atoms with Gasteiger partial charge in [-0.25, -0.2) is 8.78 Å². The number of carbonyl (C=O) groups is 1. The Labute approximate surface area is 285 Å². The van der Waals surface area contributed by atoms with Crippen molar-refractivity contribution in [2.75, 3.05) is 26.2 Å². The lowest BCUT2D eigenvalue weighted by molar-refractivity contribution is -0.296. The van der Waals surface area contributed by atoms with Crippen molar-refractivity contribution >= 4 is 5.91 Å². The van der Waals surface area contributed by atoms with E-state index >= 15 is 0 Å². The van der Waals surface area contributed by atoms with Crippen LogP contribution in [0, 0.1) is 0 Å². The molecule has 1 aliphatic carbocycles. The Balaban J connectivity index is 1.57. The highest BCUT2D eigenvalue weighted by Gasteiger charge is 2.55. The van der Waals surface area contributed by atoms with E-state index in [4.69, 9.17) is 62.8 Å². The van der Waals surface area contributed by atoms with Gasteiger partial charge in [-0.1, -0.05) is 0 Å². The maximum Gasteiger partial charge on any atom is 0.294 e. The number of halogens is 2. The second-order valence-electron chi connectivity index (χ2n) is 13.0. The fourth-order valence-electron chi connectivity index (χ4n) is 6.40. The highest BCUT2D eigenvalue weighted by atomic mass is 19.3. The van der Waals surface area contributed by atoms with E-state index in [1.807, 2.05) is 0 Å². The first-order valence-electron chi connectivity index (χ1n) is 16.2. The van der Waals surface area contributed by atoms with Crippen LogP contribution in [-0.4, -0.2) is 190 Å². The van der Waals surface area contributed by atoms with E-state index in [1.54, 1.807) is 0 Å². The van der Waals surface area contributed by atoms with Gasteiger partial charge in [0, 0.05) is 19.1 Å². The number of aliphatic hydroxyl groups excluding tert-OH is 7. The Morgan fingerprint density at radius 1 is 0.760 bits per heavy atom. The molecule has 4 fully saturated rings. The summed E-state index contributed by atoms with van der Waals surface area (Å²) in [4.78, 5) is 12.6. The van der Waals surface area contributed by atoms with Gasteiger partial charge in [0.05, 0.1) is 43.5 Å². The van der Waals surface area contributed by atoms with Crippen LogP contribution in [0.5, 0.6) is 0 Å². The molecule has 0 aromatic heterocycles. The van der Waals surface area contributed by atoms with Crippen LogP contribution < -0.4 is 39.7 Å². The Bertz CT molecular complexity index is 1110. The number of alkyl halides is 2. The number of hydrogen-bond donors (Lipinski definition) is 14. The fourth-order valence-corrected chi connectivity index (χ4v) is 6.40. The number of carbonyl (C=O) groups excluding carboxylic acids is 1. The lowest BCUT2D eigenvalue weighted by Crippen LogP contribution is -2.68. The minimum Gasteiger partial charge on any atom is -0.394 e. The van der Waals surface area contributed by atoms with Crippen LogP contribution in [0.25, 0.3) is 0 Å². The van der Waals surface area contributed by atoms with Crippen molar-refractivity contribution in [1.29, 1.82) is 0 Å². The van der Waals surface area contributed by atoms with E-state index in [9.17, 15) is 49.3 Å². The lowest BCUT2D eigenvalue weighted by atomic mass is 9.83. The summed E-state index contributed by atoms with van der Waals surface area (Å²) in [6.45, 7) is -2.46. The first-order chi connectivity index (χ1) is 23.5. The van der Waals surface area contributed by atoms with Crippen molar-refractivity contribution in [3.63, 3.8) is 0 Å². The summed E-state index contributed by atoms with van der Waals surface area (Å²) in [5.74, 6) is -5.59. The van der Waals surface area contributed by atoms with Crippen LogP contribution in [0.4, 0.5) is 8.78 Å². The molecule has 21 nitrogen and oxygen atoms in total. The molecular weight excluding hydrogens is 684 g/mol. The standard InChI is InChI=1S/C27H51F2N7O14/c28-27(29,6-32)22(43)23(44)36-9-1-7(33)19(48-24-8(34)2-10(38)11(3-30)45-24)21(15(9)39)50-26-18(42)20(13(5-37)47-26)49-25-14(35)17(41)16(40)12(4-31)46-25/h7-22,24-26,37-43H,1-6,30-35H2,(H,36,44)/t7-,8+,9+,10-,11+,12-,13+,14+,15-,16+,17+,18+,19+,20+,21+,22+,24+,25+,26-/m0/s1. The number of rotatable bonds is 13. The number of ether oxygens (including phenoxy) is 6. The molecule has 3 saturated heterocycles. The molecule has 0 aromatic carbocycles. The highest BCUT2D eigenvalue weighted by Crippen LogP contribution is 2.35. The quantitative estimate of drug-likeness (QED) is 0.0834. The van der Waals surface area contributed by atoms with Crippen LogP contribution in [0.2, 0.25) is 0 Å². The SMILES string of the molecule is NC[C@@H]1O[C@H](O[C@H]2[C@@H](O)[C@H](O[C@@H]3[C@@H](O)[C@H](NC(=O)[C@@H](O)C(F)(F)CN)C[C@H](N)[C@H]3O[C@H]3O[C@H](CN)[C@@H](O)C[C@H]3N)O[C@@H]2CO)[C@H](N)[C@@H](O)[C@@H]1O. The largest absolute Gasteiger partial charge is 0.394 e. The Hall–Kier alpha value is -1.43. The van der Waals surface area contributed by atoms with Gasteiger partial charge < -0.3 is 104 Å². The zero-order valence-electron chi connectivity index (χ0n) is 26.9. The summed E-state index contributed by atoms with van der Waals surface area (Å²) in [6, 6.07) is -4.88. The molecule has 0 bridgehead atoms. The summed E-state index contributed by atoms with van der Waals surface area (Å²) in [6.07, 6.45) is -23.1. The van der Waals surface area contributed by atoms with Crippen LogP contribution in [0.15, 0.2) is 0 Å². The molecule has 0 radical (unpaired) electrons. The summed E-state index contributed by atoms with van der Waals surface area (Å²) >= 11 is 0. The summed E-state index contributed by atoms with van der Waals surface area (Å²) in [7, 11) is 0. The molecule has 3 heterocycles. The van der Waals surface area contributed by atoms with Gasteiger partial charge in [0.25, 0.3) is 11.8 Å². The Morgan fingerprint density at radius 2 is 1.34 bits per heavy atom. The molecule has 4 rings (SSSR count). The van der Waals surface area contributed by atoms with Gasteiger partial charge >= 0.3 is 0 Å². The first kappa shape index (κ1) is 41.3. The second kappa shape index (κ2) is 17.1. The van der Waals surface area contributed by atoms with Gasteiger partial charge in [-0.05, 0) is 12.8 Å². The van der Waals surface area contributed by atoms with Crippen LogP contribution >= 0.6 is 0 Å². The number of hydrogen-bond acceptors (Lipinski definition) is 20. The van der Waals surface area contributed by atoms with Gasteiger partial charge in [0.1, 0.15) is 54.9 Å². The normalized spacial score (nSPS) is 46.5. The van der Waals surface area contributed by atoms with Crippen molar-refractivity contribution in [1.82, 2.24) is 5.32 Å². The Morgan fingerprint density at radius 3 is 1.94 bits per heavy atom. The number of aliphatic hydroxyl groups is 7. The number of nitrogens with two attached hydrogens (primary N) is 6. The molecule has 50 heavy (non-hydrogen) atoms. The van der Waals surface area contributed by atoms with Gasteiger partial charge in [-0.2, -0.15) is 0 Å². The highest BCUT2D eigenvalue weighted by molar-refractivity contribution is 5.82. The van der Waals surface area contributed by atoms with Crippen molar-refractivity contribution in [2.45, 2.75) is 135 Å². The van der Waals surface area contributed by atoms with E-state index in [0.717, 1.165) is 0 Å². The van der Waals surface area contributed by atoms with E-state index < -0.39 is 141 Å². The van der Waals surface area contributed by atoms with Gasteiger partial charge in [-0.15, -0.1) is 0 Å². The van der Waals surface area contributed by atoms with Crippen molar-refractivity contribution in [3.05, 3.63) is 0 Å². The van der Waals surface area contributed by atoms with Crippen molar-refractivity contribution < 1.29 is 77.7 Å². The van der Waals surface area contributed by atoms with Gasteiger partial charge in [-0.3, -0.25) is 4.79 Å². The fraction of sp³-hybridized carbons (Fsp3) is 0.963. The van der Waals surface area contributed by atoms with Crippen LogP contribution in [0.3, 0.4) is 0 Å². The monoisotopic (exact) mass is 735 g/mol. The molecule has 19 atom stereocenters. The average Bonchev–Trinajstić information content (AvgIpc) is 3.38. The van der Waals surface area contributed by atoms with E-state index in [1.165, 1.54) is 0 Å². The smallest absolute Gasteiger partial charge is 0.294 e. The molecule has 0 spiro atoms. The van der Waals surface area contributed by atoms with E-state index in [2.05, 4.69) is 5.32 Å². The molecule has 4 aliphatic rings. The summed E-state index contributed by atoms with van der Waals surface area (Å²) < 4.78 is 62.8. The van der Waals surface area contributed by atoms with Crippen molar-refractivity contribution in [2.24, 2.45) is 34.4 Å². The first-order valence-corrected chi connectivity index (χ1v) is 16.2. The minimum atomic E-state index is -4.01. The minimum absolute atomic E-state index is 0.00173. The molecule has 1 saturated carbocycles. The van der Waals surface area contributed by atoms with Crippen LogP contribution in [0.1, 0.15) is 12.8 Å². The third-order valence-corrected chi connectivity index (χ3v) is 9.43. The molecule has 1 amide bonds. The van der Waals surface area contributed by atoms with Gasteiger partial charge in [0.2, 0.25) is 0 Å². The molecule has 292 valence electrons. The third-order valence-electron chi connectivity index (χ3n) is 9.43. The molecule has 0 aromatic rings. The van der Waals surface area contributed by atoms with Crippen molar-refractivity contribution in [3.8, 4) is 0 Å². The lowest BCUT2D eigenvalue weighted by Gasteiger charge is -2.47. The molecule has 0 unspecified atom stereocenters.